The highest BCUT2D eigenvalue weighted by molar-refractivity contribution is 5.91. The zero-order chi connectivity index (χ0) is 14.2. The summed E-state index contributed by atoms with van der Waals surface area (Å²) < 4.78 is 0. The lowest BCUT2D eigenvalue weighted by Crippen LogP contribution is -2.44. The van der Waals surface area contributed by atoms with Crippen molar-refractivity contribution in [2.45, 2.75) is 58.1 Å². The van der Waals surface area contributed by atoms with E-state index in [0.29, 0.717) is 6.42 Å². The van der Waals surface area contributed by atoms with Gasteiger partial charge in [-0.1, -0.05) is 33.1 Å². The number of hydrogen-bond acceptors (Lipinski definition) is 3. The molecule has 0 aliphatic heterocycles. The second-order valence-corrected chi connectivity index (χ2v) is 6.44. The summed E-state index contributed by atoms with van der Waals surface area (Å²) in [6.45, 7) is 3.61. The highest BCUT2D eigenvalue weighted by atomic mass is 16.4. The third-order valence-corrected chi connectivity index (χ3v) is 4.68. The maximum Gasteiger partial charge on any atom is 0.307 e. The van der Waals surface area contributed by atoms with Crippen LogP contribution in [-0.4, -0.2) is 34.2 Å². The molecule has 0 saturated heterocycles. The molecule has 4 unspecified atom stereocenters. The molecule has 0 radical (unpaired) electrons. The van der Waals surface area contributed by atoms with Crippen LogP contribution in [-0.2, 0) is 9.59 Å². The summed E-state index contributed by atoms with van der Waals surface area (Å²) in [5, 5.41) is 21.9. The van der Waals surface area contributed by atoms with Gasteiger partial charge in [0.25, 0.3) is 0 Å². The van der Waals surface area contributed by atoms with Gasteiger partial charge in [0.05, 0.1) is 24.0 Å². The van der Waals surface area contributed by atoms with Gasteiger partial charge in [-0.25, -0.2) is 0 Å². The van der Waals surface area contributed by atoms with Crippen molar-refractivity contribution in [3.05, 3.63) is 0 Å². The molecule has 0 spiro atoms. The minimum absolute atomic E-state index is 0.219. The average molecular weight is 269 g/mol. The van der Waals surface area contributed by atoms with E-state index in [1.165, 1.54) is 0 Å². The number of carbonyl (C=O) groups excluding carboxylic acids is 1. The summed E-state index contributed by atoms with van der Waals surface area (Å²) in [4.78, 5) is 23.3. The molecule has 5 heteroatoms. The van der Waals surface area contributed by atoms with Crippen LogP contribution in [0.3, 0.4) is 0 Å². The van der Waals surface area contributed by atoms with Crippen LogP contribution in [0.25, 0.3) is 0 Å². The summed E-state index contributed by atoms with van der Waals surface area (Å²) >= 11 is 0. The lowest BCUT2D eigenvalue weighted by atomic mass is 10.0. The molecule has 0 aromatic carbocycles. The number of carboxylic acids is 1. The van der Waals surface area contributed by atoms with E-state index >= 15 is 0 Å². The molecule has 4 atom stereocenters. The van der Waals surface area contributed by atoms with E-state index in [1.807, 2.05) is 0 Å². The molecule has 2 aliphatic carbocycles. The molecule has 108 valence electrons. The van der Waals surface area contributed by atoms with Gasteiger partial charge in [-0.05, 0) is 18.3 Å². The third-order valence-electron chi connectivity index (χ3n) is 4.68. The SMILES string of the molecule is CC1(C)C(C(=O)O)C1C(=O)NC1CCCCCC1O. The van der Waals surface area contributed by atoms with Gasteiger partial charge in [-0.15, -0.1) is 0 Å². The molecule has 0 aromatic rings. The third kappa shape index (κ3) is 2.76. The maximum absolute atomic E-state index is 12.2. The number of carbonyl (C=O) groups is 2. The minimum atomic E-state index is -0.911. The standard InChI is InChI=1S/C14H23NO4/c1-14(2)10(11(14)13(18)19)12(17)15-8-6-4-3-5-7-9(8)16/h8-11,16H,3-7H2,1-2H3,(H,15,17)(H,18,19). The molecular weight excluding hydrogens is 246 g/mol. The van der Waals surface area contributed by atoms with Gasteiger partial charge >= 0.3 is 5.97 Å². The highest BCUT2D eigenvalue weighted by Crippen LogP contribution is 2.58. The zero-order valence-corrected chi connectivity index (χ0v) is 11.6. The van der Waals surface area contributed by atoms with Crippen molar-refractivity contribution >= 4 is 11.9 Å². The van der Waals surface area contributed by atoms with Crippen LogP contribution < -0.4 is 5.32 Å². The predicted molar refractivity (Wildman–Crippen MR) is 69.4 cm³/mol. The van der Waals surface area contributed by atoms with Crippen LogP contribution >= 0.6 is 0 Å². The number of carboxylic acid groups (broad SMARTS) is 1. The first-order chi connectivity index (χ1) is 8.85. The summed E-state index contributed by atoms with van der Waals surface area (Å²) in [5.41, 5.74) is -0.481. The summed E-state index contributed by atoms with van der Waals surface area (Å²) in [7, 11) is 0. The van der Waals surface area contributed by atoms with Crippen molar-refractivity contribution in [1.29, 1.82) is 0 Å². The van der Waals surface area contributed by atoms with Crippen LogP contribution in [0.15, 0.2) is 0 Å². The Balaban J connectivity index is 1.96. The van der Waals surface area contributed by atoms with E-state index in [-0.39, 0.29) is 11.9 Å². The monoisotopic (exact) mass is 269 g/mol. The van der Waals surface area contributed by atoms with Crippen molar-refractivity contribution in [3.63, 3.8) is 0 Å². The lowest BCUT2D eigenvalue weighted by molar-refractivity contribution is -0.140. The molecule has 5 nitrogen and oxygen atoms in total. The van der Waals surface area contributed by atoms with Gasteiger partial charge in [-0.3, -0.25) is 9.59 Å². The number of amides is 1. The molecule has 0 heterocycles. The van der Waals surface area contributed by atoms with Crippen LogP contribution in [0.4, 0.5) is 0 Å². The number of aliphatic hydroxyl groups excluding tert-OH is 1. The zero-order valence-electron chi connectivity index (χ0n) is 11.6. The van der Waals surface area contributed by atoms with Crippen LogP contribution in [0.1, 0.15) is 46.0 Å². The van der Waals surface area contributed by atoms with Crippen molar-refractivity contribution in [2.24, 2.45) is 17.3 Å². The number of hydrogen-bond donors (Lipinski definition) is 3. The fourth-order valence-electron chi connectivity index (χ4n) is 3.32. The molecule has 0 bridgehead atoms. The van der Waals surface area contributed by atoms with Crippen molar-refractivity contribution in [3.8, 4) is 0 Å². The topological polar surface area (TPSA) is 86.6 Å². The van der Waals surface area contributed by atoms with E-state index in [4.69, 9.17) is 5.11 Å². The van der Waals surface area contributed by atoms with Crippen LogP contribution in [0.2, 0.25) is 0 Å². The summed E-state index contributed by atoms with van der Waals surface area (Å²) in [6.07, 6.45) is 4.05. The van der Waals surface area contributed by atoms with Gasteiger partial charge < -0.3 is 15.5 Å². The van der Waals surface area contributed by atoms with E-state index < -0.39 is 29.3 Å². The smallest absolute Gasteiger partial charge is 0.307 e. The highest BCUT2D eigenvalue weighted by Gasteiger charge is 2.66. The maximum atomic E-state index is 12.2. The number of rotatable bonds is 3. The Morgan fingerprint density at radius 3 is 2.32 bits per heavy atom. The molecule has 2 rings (SSSR count). The normalized spacial score (nSPS) is 37.2. The quantitative estimate of drug-likeness (QED) is 0.671. The molecule has 19 heavy (non-hydrogen) atoms. The van der Waals surface area contributed by atoms with E-state index in [2.05, 4.69) is 5.32 Å². The molecule has 1 amide bonds. The summed E-state index contributed by atoms with van der Waals surface area (Å²) in [5.74, 6) is -2.20. The Labute approximate surface area is 113 Å². The van der Waals surface area contributed by atoms with Gasteiger partial charge in [0, 0.05) is 0 Å². The minimum Gasteiger partial charge on any atom is -0.481 e. The average Bonchev–Trinajstić information content (AvgIpc) is 2.94. The van der Waals surface area contributed by atoms with Crippen LogP contribution in [0.5, 0.6) is 0 Å². The second-order valence-electron chi connectivity index (χ2n) is 6.44. The first kappa shape index (κ1) is 14.3. The van der Waals surface area contributed by atoms with Gasteiger partial charge in [-0.2, -0.15) is 0 Å². The molecule has 3 N–H and O–H groups in total. The molecule has 2 aliphatic rings. The first-order valence-electron chi connectivity index (χ1n) is 7.07. The van der Waals surface area contributed by atoms with Crippen molar-refractivity contribution in [2.75, 3.05) is 0 Å². The van der Waals surface area contributed by atoms with E-state index in [0.717, 1.165) is 25.7 Å². The van der Waals surface area contributed by atoms with Crippen molar-refractivity contribution in [1.82, 2.24) is 5.32 Å². The Kier molecular flexibility index (Phi) is 3.85. The lowest BCUT2D eigenvalue weighted by Gasteiger charge is -2.22. The Morgan fingerprint density at radius 1 is 1.11 bits per heavy atom. The molecule has 0 aromatic heterocycles. The Bertz CT molecular complexity index is 380. The molecular formula is C14H23NO4. The molecule has 2 saturated carbocycles. The first-order valence-corrected chi connectivity index (χ1v) is 7.07. The fraction of sp³-hybridized carbons (Fsp3) is 0.857. The Morgan fingerprint density at radius 2 is 1.74 bits per heavy atom. The number of nitrogens with one attached hydrogen (secondary N) is 1. The summed E-state index contributed by atoms with van der Waals surface area (Å²) in [6, 6.07) is -0.221. The van der Waals surface area contributed by atoms with E-state index in [9.17, 15) is 14.7 Å². The van der Waals surface area contributed by atoms with Gasteiger partial charge in [0.1, 0.15) is 0 Å². The Hall–Kier alpha value is -1.10. The fourth-order valence-corrected chi connectivity index (χ4v) is 3.32. The number of aliphatic carboxylic acids is 1. The van der Waals surface area contributed by atoms with E-state index in [1.54, 1.807) is 13.8 Å². The van der Waals surface area contributed by atoms with Gasteiger partial charge in [0.15, 0.2) is 0 Å². The predicted octanol–water partition coefficient (Wildman–Crippen LogP) is 1.15. The van der Waals surface area contributed by atoms with Crippen molar-refractivity contribution < 1.29 is 19.8 Å². The largest absolute Gasteiger partial charge is 0.481 e. The van der Waals surface area contributed by atoms with Crippen LogP contribution in [0, 0.1) is 17.3 Å². The second kappa shape index (κ2) is 5.12. The number of aliphatic hydroxyl groups is 1. The van der Waals surface area contributed by atoms with Gasteiger partial charge in [0.2, 0.25) is 5.91 Å². The molecule has 2 fully saturated rings.